The third-order valence-electron chi connectivity index (χ3n) is 12.6. The van der Waals surface area contributed by atoms with Crippen molar-refractivity contribution in [3.63, 3.8) is 0 Å². The van der Waals surface area contributed by atoms with Crippen molar-refractivity contribution in [3.8, 4) is 44.5 Å². The second-order valence-corrected chi connectivity index (χ2v) is 17.0. The van der Waals surface area contributed by atoms with Gasteiger partial charge in [0.15, 0.2) is 0 Å². The molecular weight excluding hydrogens is 693 g/mol. The summed E-state index contributed by atoms with van der Waals surface area (Å²) in [4.78, 5) is 0. The second kappa shape index (κ2) is 11.7. The zero-order valence-corrected chi connectivity index (χ0v) is 32.0. The van der Waals surface area contributed by atoms with Crippen LogP contribution in [0, 0.1) is 0 Å². The van der Waals surface area contributed by atoms with E-state index in [0.717, 1.165) is 0 Å². The first kappa shape index (κ1) is 31.8. The number of thiophene rings is 1. The third-order valence-corrected chi connectivity index (χ3v) is 13.8. The van der Waals surface area contributed by atoms with Crippen LogP contribution in [0.15, 0.2) is 182 Å². The van der Waals surface area contributed by atoms with E-state index in [0.29, 0.717) is 0 Å². The summed E-state index contributed by atoms with van der Waals surface area (Å²) in [6.45, 7) is 4.78. The van der Waals surface area contributed by atoms with Crippen LogP contribution < -0.4 is 0 Å². The van der Waals surface area contributed by atoms with E-state index in [1.54, 1.807) is 0 Å². The van der Waals surface area contributed by atoms with Gasteiger partial charge in [-0.3, -0.25) is 0 Å². The van der Waals surface area contributed by atoms with Gasteiger partial charge in [-0.25, -0.2) is 0 Å². The van der Waals surface area contributed by atoms with Gasteiger partial charge in [0.05, 0.1) is 0 Å². The van der Waals surface area contributed by atoms with Crippen LogP contribution >= 0.6 is 11.3 Å². The molecule has 0 aliphatic heterocycles. The summed E-state index contributed by atoms with van der Waals surface area (Å²) in [6, 6.07) is 68.1. The molecule has 56 heavy (non-hydrogen) atoms. The van der Waals surface area contributed by atoms with E-state index in [9.17, 15) is 0 Å². The van der Waals surface area contributed by atoms with E-state index >= 15 is 0 Å². The summed E-state index contributed by atoms with van der Waals surface area (Å²) in [7, 11) is 0. The van der Waals surface area contributed by atoms with Gasteiger partial charge in [0, 0.05) is 31.2 Å². The second-order valence-electron chi connectivity index (χ2n) is 16.0. The molecule has 1 aliphatic rings. The molecule has 0 fully saturated rings. The third kappa shape index (κ3) is 4.47. The van der Waals surface area contributed by atoms with Crippen molar-refractivity contribution in [2.75, 3.05) is 0 Å². The molecule has 0 atom stereocenters. The normalized spacial score (nSPS) is 13.3. The Balaban J connectivity index is 1.07. The molecule has 0 spiro atoms. The molecule has 0 saturated heterocycles. The minimum atomic E-state index is -0.0568. The molecule has 1 heteroatoms. The lowest BCUT2D eigenvalue weighted by molar-refractivity contribution is 0.661. The molecule has 0 bridgehead atoms. The predicted octanol–water partition coefficient (Wildman–Crippen LogP) is 16.0. The molecule has 11 aromatic rings. The van der Waals surface area contributed by atoms with E-state index in [4.69, 9.17) is 0 Å². The van der Waals surface area contributed by atoms with Crippen LogP contribution in [0.3, 0.4) is 0 Å². The molecule has 10 aromatic carbocycles. The van der Waals surface area contributed by atoms with Gasteiger partial charge in [-0.05, 0) is 111 Å². The first-order valence-corrected chi connectivity index (χ1v) is 20.4. The standard InChI is InChI=1S/C55H36S/c1-55(2)47-28-25-34-13-5-6-17-40(34)52(47)53-48(55)29-27-46-41-26-24-39(32-49(41)56-54(46)53)51-44-20-9-7-18-42(44)50(43-19-8-10-21-45(43)51)38-16-11-15-36(31-38)37-23-22-33-12-3-4-14-35(33)30-37/h3-32H,1-2H3. The summed E-state index contributed by atoms with van der Waals surface area (Å²) >= 11 is 1.96. The van der Waals surface area contributed by atoms with Gasteiger partial charge in [0.2, 0.25) is 0 Å². The number of rotatable bonds is 3. The van der Waals surface area contributed by atoms with E-state index in [1.807, 2.05) is 11.3 Å². The van der Waals surface area contributed by atoms with Gasteiger partial charge < -0.3 is 0 Å². The first-order chi connectivity index (χ1) is 27.5. The highest BCUT2D eigenvalue weighted by atomic mass is 32.1. The Morgan fingerprint density at radius 3 is 1.57 bits per heavy atom. The maximum Gasteiger partial charge on any atom is 0.0437 e. The summed E-state index contributed by atoms with van der Waals surface area (Å²) in [5.41, 5.74) is 13.2. The molecule has 1 aromatic heterocycles. The van der Waals surface area contributed by atoms with E-state index in [-0.39, 0.29) is 5.41 Å². The molecule has 262 valence electrons. The molecule has 1 heterocycles. The Kier molecular flexibility index (Phi) is 6.66. The molecule has 0 amide bonds. The lowest BCUT2D eigenvalue weighted by Crippen LogP contribution is -2.14. The maximum absolute atomic E-state index is 2.46. The van der Waals surface area contributed by atoms with E-state index < -0.39 is 0 Å². The fraction of sp³-hybridized carbons (Fsp3) is 0.0545. The SMILES string of the molecule is CC1(C)c2ccc3ccccc3c2-c2c1ccc1c2sc2cc(-c3c4ccccc4c(-c4cccc(-c5ccc6ccccc6c5)c4)c4ccccc34)ccc21. The molecule has 12 rings (SSSR count). The van der Waals surface area contributed by atoms with Gasteiger partial charge in [-0.2, -0.15) is 0 Å². The molecule has 0 nitrogen and oxygen atoms in total. The van der Waals surface area contributed by atoms with Crippen LogP contribution in [0.5, 0.6) is 0 Å². The zero-order valence-electron chi connectivity index (χ0n) is 31.2. The predicted molar refractivity (Wildman–Crippen MR) is 243 cm³/mol. The Morgan fingerprint density at radius 1 is 0.321 bits per heavy atom. The Hall–Kier alpha value is -6.54. The Labute approximate surface area is 329 Å². The van der Waals surface area contributed by atoms with Crippen molar-refractivity contribution in [2.45, 2.75) is 19.3 Å². The molecule has 0 radical (unpaired) electrons. The highest BCUT2D eigenvalue weighted by Gasteiger charge is 2.38. The molecule has 0 saturated carbocycles. The number of hydrogen-bond donors (Lipinski definition) is 0. The topological polar surface area (TPSA) is 0 Å². The average Bonchev–Trinajstić information content (AvgIpc) is 3.74. The minimum Gasteiger partial charge on any atom is -0.134 e. The van der Waals surface area contributed by atoms with Crippen molar-refractivity contribution < 1.29 is 0 Å². The molecule has 1 aliphatic carbocycles. The van der Waals surface area contributed by atoms with Crippen LogP contribution in [0.2, 0.25) is 0 Å². The molecule has 0 unspecified atom stereocenters. The number of fused-ring (bicyclic) bond motifs is 12. The Bertz CT molecular complexity index is 3390. The van der Waals surface area contributed by atoms with Crippen molar-refractivity contribution in [1.82, 2.24) is 0 Å². The first-order valence-electron chi connectivity index (χ1n) is 19.6. The van der Waals surface area contributed by atoms with E-state index in [2.05, 4.69) is 196 Å². The highest BCUT2D eigenvalue weighted by Crippen LogP contribution is 2.56. The van der Waals surface area contributed by atoms with Crippen molar-refractivity contribution >= 4 is 74.6 Å². The van der Waals surface area contributed by atoms with Crippen LogP contribution in [-0.4, -0.2) is 0 Å². The van der Waals surface area contributed by atoms with Gasteiger partial charge in [0.1, 0.15) is 0 Å². The van der Waals surface area contributed by atoms with Gasteiger partial charge in [-0.1, -0.05) is 178 Å². The van der Waals surface area contributed by atoms with Gasteiger partial charge in [0.25, 0.3) is 0 Å². The Morgan fingerprint density at radius 2 is 0.839 bits per heavy atom. The number of hydrogen-bond acceptors (Lipinski definition) is 1. The monoisotopic (exact) mass is 728 g/mol. The fourth-order valence-electron chi connectivity index (χ4n) is 9.94. The number of benzene rings is 10. The summed E-state index contributed by atoms with van der Waals surface area (Å²) in [6.07, 6.45) is 0. The molecule has 0 N–H and O–H groups in total. The smallest absolute Gasteiger partial charge is 0.0437 e. The largest absolute Gasteiger partial charge is 0.134 e. The van der Waals surface area contributed by atoms with Crippen LogP contribution in [0.25, 0.3) is 108 Å². The highest BCUT2D eigenvalue weighted by molar-refractivity contribution is 7.26. The van der Waals surface area contributed by atoms with Crippen LogP contribution in [0.4, 0.5) is 0 Å². The van der Waals surface area contributed by atoms with Gasteiger partial charge >= 0.3 is 0 Å². The maximum atomic E-state index is 2.46. The van der Waals surface area contributed by atoms with Crippen molar-refractivity contribution in [2.24, 2.45) is 0 Å². The van der Waals surface area contributed by atoms with Gasteiger partial charge in [-0.15, -0.1) is 11.3 Å². The lowest BCUT2D eigenvalue weighted by Gasteiger charge is -2.21. The molecular formula is C55H36S. The zero-order chi connectivity index (χ0) is 37.1. The average molecular weight is 729 g/mol. The van der Waals surface area contributed by atoms with E-state index in [1.165, 1.54) is 119 Å². The van der Waals surface area contributed by atoms with Crippen LogP contribution in [0.1, 0.15) is 25.0 Å². The summed E-state index contributed by atoms with van der Waals surface area (Å²) in [5, 5.41) is 13.0. The summed E-state index contributed by atoms with van der Waals surface area (Å²) < 4.78 is 2.73. The van der Waals surface area contributed by atoms with Crippen molar-refractivity contribution in [1.29, 1.82) is 0 Å². The van der Waals surface area contributed by atoms with Crippen molar-refractivity contribution in [3.05, 3.63) is 193 Å². The lowest BCUT2D eigenvalue weighted by atomic mass is 9.82. The van der Waals surface area contributed by atoms with Crippen LogP contribution in [-0.2, 0) is 5.41 Å². The minimum absolute atomic E-state index is 0.0568. The fourth-order valence-corrected chi connectivity index (χ4v) is 11.2. The quantitative estimate of drug-likeness (QED) is 0.159. The summed E-state index contributed by atoms with van der Waals surface area (Å²) in [5.74, 6) is 0.